The third-order valence-corrected chi connectivity index (χ3v) is 10.7. The molecule has 7 heteroatoms. The second-order valence-corrected chi connectivity index (χ2v) is 14.4. The smallest absolute Gasteiger partial charge is 0.160 e. The third kappa shape index (κ3) is 6.18. The van der Waals surface area contributed by atoms with Crippen molar-refractivity contribution in [3.8, 4) is 73.4 Å². The van der Waals surface area contributed by atoms with E-state index in [1.54, 1.807) is 0 Å². The highest BCUT2D eigenvalue weighted by Gasteiger charge is 2.22. The fourth-order valence-corrected chi connectivity index (χ4v) is 7.88. The van der Waals surface area contributed by atoms with E-state index in [0.29, 0.717) is 5.82 Å². The van der Waals surface area contributed by atoms with E-state index >= 15 is 0 Å². The molecule has 0 atom stereocenters. The van der Waals surface area contributed by atoms with Crippen LogP contribution >= 0.6 is 0 Å². The number of para-hydroxylation sites is 2. The SMILES string of the molecule is c1ccc(-c2nc(-c3ccc(-c4ccc(-c5nc6c7ncccc7nc(-c7ccccc7)c6n5-c5ccccc5)cc4)cc3)cc(-c3ccnc4ccccc34)n2)cc1. The molecule has 59 heavy (non-hydrogen) atoms. The van der Waals surface area contributed by atoms with Gasteiger partial charge in [0.15, 0.2) is 5.82 Å². The maximum atomic E-state index is 5.34. The molecule has 0 amide bonds. The summed E-state index contributed by atoms with van der Waals surface area (Å²) in [5, 5.41) is 1.05. The lowest BCUT2D eigenvalue weighted by Crippen LogP contribution is -2.00. The lowest BCUT2D eigenvalue weighted by molar-refractivity contribution is 1.10. The van der Waals surface area contributed by atoms with Crippen molar-refractivity contribution in [2.24, 2.45) is 0 Å². The van der Waals surface area contributed by atoms with Gasteiger partial charge in [-0.3, -0.25) is 14.5 Å². The first-order chi connectivity index (χ1) is 29.2. The van der Waals surface area contributed by atoms with E-state index in [-0.39, 0.29) is 0 Å². The Morgan fingerprint density at radius 1 is 0.373 bits per heavy atom. The summed E-state index contributed by atoms with van der Waals surface area (Å²) in [7, 11) is 0. The molecule has 11 aromatic rings. The van der Waals surface area contributed by atoms with Crippen LogP contribution in [0.15, 0.2) is 200 Å². The standard InChI is InChI=1S/C52H33N7/c1-4-13-37(14-5-1)47-50-49(48-44(55-47)21-12-31-54-48)58-52(59(50)40-17-8-3-9-18-40)39-28-24-35(25-29-39)34-22-26-36(27-23-34)45-33-46(57-51(56-45)38-15-6-2-7-16-38)42-30-32-53-43-20-11-10-19-41(42)43/h1-33H. The van der Waals surface area contributed by atoms with Crippen molar-refractivity contribution in [1.82, 2.24) is 34.5 Å². The summed E-state index contributed by atoms with van der Waals surface area (Å²) in [6, 6.07) is 64.2. The Labute approximate surface area is 340 Å². The summed E-state index contributed by atoms with van der Waals surface area (Å²) < 4.78 is 2.22. The maximum Gasteiger partial charge on any atom is 0.160 e. The van der Waals surface area contributed by atoms with E-state index in [2.05, 4.69) is 107 Å². The zero-order chi connectivity index (χ0) is 39.1. The van der Waals surface area contributed by atoms with Crippen LogP contribution in [0.4, 0.5) is 0 Å². The van der Waals surface area contributed by atoms with E-state index < -0.39 is 0 Å². The monoisotopic (exact) mass is 755 g/mol. The number of imidazole rings is 1. The number of rotatable bonds is 7. The normalized spacial score (nSPS) is 11.4. The summed E-state index contributed by atoms with van der Waals surface area (Å²) in [4.78, 5) is 30.0. The highest BCUT2D eigenvalue weighted by molar-refractivity contribution is 6.07. The predicted octanol–water partition coefficient (Wildman–Crippen LogP) is 12.3. The van der Waals surface area contributed by atoms with Gasteiger partial charge in [0.05, 0.1) is 28.1 Å². The highest BCUT2D eigenvalue weighted by Crippen LogP contribution is 2.38. The van der Waals surface area contributed by atoms with Crippen LogP contribution < -0.4 is 0 Å². The molecule has 6 aromatic carbocycles. The van der Waals surface area contributed by atoms with Gasteiger partial charge in [-0.15, -0.1) is 0 Å². The van der Waals surface area contributed by atoms with E-state index in [9.17, 15) is 0 Å². The molecule has 5 heterocycles. The Bertz CT molecular complexity index is 3290. The molecule has 0 fully saturated rings. The van der Waals surface area contributed by atoms with Gasteiger partial charge in [-0.2, -0.15) is 0 Å². The topological polar surface area (TPSA) is 82.3 Å². The van der Waals surface area contributed by atoms with Gasteiger partial charge in [-0.05, 0) is 53.6 Å². The van der Waals surface area contributed by atoms with E-state index in [1.807, 2.05) is 103 Å². The zero-order valence-electron chi connectivity index (χ0n) is 31.7. The largest absolute Gasteiger partial charge is 0.290 e. The minimum atomic E-state index is 0.677. The van der Waals surface area contributed by atoms with Gasteiger partial charge in [0.1, 0.15) is 22.4 Å². The first-order valence-corrected chi connectivity index (χ1v) is 19.5. The van der Waals surface area contributed by atoms with Crippen LogP contribution in [0, 0.1) is 0 Å². The fourth-order valence-electron chi connectivity index (χ4n) is 7.88. The molecule has 11 rings (SSSR count). The first-order valence-electron chi connectivity index (χ1n) is 19.5. The molecular formula is C52H33N7. The summed E-state index contributed by atoms with van der Waals surface area (Å²) >= 11 is 0. The van der Waals surface area contributed by atoms with Crippen molar-refractivity contribution >= 4 is 33.0 Å². The van der Waals surface area contributed by atoms with E-state index in [4.69, 9.17) is 24.9 Å². The summed E-state index contributed by atoms with van der Waals surface area (Å²) in [5.41, 5.74) is 15.0. The minimum Gasteiger partial charge on any atom is -0.290 e. The van der Waals surface area contributed by atoms with Gasteiger partial charge in [-0.25, -0.2) is 19.9 Å². The molecule has 5 aromatic heterocycles. The minimum absolute atomic E-state index is 0.677. The van der Waals surface area contributed by atoms with Gasteiger partial charge in [0.25, 0.3) is 0 Å². The molecule has 0 saturated carbocycles. The molecule has 0 aliphatic rings. The van der Waals surface area contributed by atoms with Gasteiger partial charge in [0, 0.05) is 51.3 Å². The second kappa shape index (κ2) is 14.4. The van der Waals surface area contributed by atoms with Crippen LogP contribution in [0.5, 0.6) is 0 Å². The average molecular weight is 756 g/mol. The fraction of sp³-hybridized carbons (Fsp3) is 0. The Balaban J connectivity index is 0.993. The lowest BCUT2D eigenvalue weighted by Gasteiger charge is -2.13. The number of benzene rings is 6. The lowest BCUT2D eigenvalue weighted by atomic mass is 10.00. The Hall–Kier alpha value is -8.16. The van der Waals surface area contributed by atoms with Crippen molar-refractivity contribution in [2.45, 2.75) is 0 Å². The van der Waals surface area contributed by atoms with Gasteiger partial charge in [-0.1, -0.05) is 146 Å². The number of hydrogen-bond acceptors (Lipinski definition) is 6. The molecule has 0 spiro atoms. The van der Waals surface area contributed by atoms with Gasteiger partial charge >= 0.3 is 0 Å². The average Bonchev–Trinajstić information content (AvgIpc) is 3.73. The van der Waals surface area contributed by atoms with Crippen LogP contribution in [0.3, 0.4) is 0 Å². The molecule has 276 valence electrons. The molecule has 0 unspecified atom stereocenters. The van der Waals surface area contributed by atoms with E-state index in [1.165, 1.54) is 0 Å². The zero-order valence-corrected chi connectivity index (χ0v) is 31.7. The maximum absolute atomic E-state index is 5.34. The van der Waals surface area contributed by atoms with Crippen molar-refractivity contribution in [2.75, 3.05) is 0 Å². The number of aromatic nitrogens is 7. The number of nitrogens with zero attached hydrogens (tertiary/aromatic N) is 7. The summed E-state index contributed by atoms with van der Waals surface area (Å²) in [6.07, 6.45) is 3.65. The highest BCUT2D eigenvalue weighted by atomic mass is 15.1. The van der Waals surface area contributed by atoms with E-state index in [0.717, 1.165) is 101 Å². The molecular weight excluding hydrogens is 723 g/mol. The van der Waals surface area contributed by atoms with Crippen molar-refractivity contribution in [3.63, 3.8) is 0 Å². The van der Waals surface area contributed by atoms with Crippen molar-refractivity contribution in [3.05, 3.63) is 200 Å². The molecule has 7 nitrogen and oxygen atoms in total. The van der Waals surface area contributed by atoms with Crippen LogP contribution in [0.2, 0.25) is 0 Å². The van der Waals surface area contributed by atoms with Crippen LogP contribution in [-0.4, -0.2) is 34.5 Å². The quantitative estimate of drug-likeness (QED) is 0.161. The van der Waals surface area contributed by atoms with Crippen molar-refractivity contribution in [1.29, 1.82) is 0 Å². The molecule has 0 N–H and O–H groups in total. The predicted molar refractivity (Wildman–Crippen MR) is 238 cm³/mol. The Morgan fingerprint density at radius 2 is 0.983 bits per heavy atom. The van der Waals surface area contributed by atoms with Gasteiger partial charge in [0.2, 0.25) is 0 Å². The first kappa shape index (κ1) is 34.1. The van der Waals surface area contributed by atoms with Crippen LogP contribution in [0.25, 0.3) is 106 Å². The Kier molecular flexibility index (Phi) is 8.33. The van der Waals surface area contributed by atoms with Crippen LogP contribution in [-0.2, 0) is 0 Å². The molecule has 0 bridgehead atoms. The Morgan fingerprint density at radius 3 is 1.73 bits per heavy atom. The number of hydrogen-bond donors (Lipinski definition) is 0. The molecule has 0 aliphatic carbocycles. The second-order valence-electron chi connectivity index (χ2n) is 14.4. The summed E-state index contributed by atoms with van der Waals surface area (Å²) in [6.45, 7) is 0. The van der Waals surface area contributed by atoms with Gasteiger partial charge < -0.3 is 0 Å². The number of fused-ring (bicyclic) bond motifs is 4. The summed E-state index contributed by atoms with van der Waals surface area (Å²) in [5.74, 6) is 1.50. The molecule has 0 radical (unpaired) electrons. The molecule has 0 saturated heterocycles. The van der Waals surface area contributed by atoms with Crippen molar-refractivity contribution < 1.29 is 0 Å². The molecule has 0 aliphatic heterocycles. The van der Waals surface area contributed by atoms with Crippen LogP contribution in [0.1, 0.15) is 0 Å². The third-order valence-electron chi connectivity index (χ3n) is 10.7. The number of pyridine rings is 3.